The van der Waals surface area contributed by atoms with Crippen LogP contribution in [0.25, 0.3) is 10.8 Å². The van der Waals surface area contributed by atoms with Gasteiger partial charge in [0.05, 0.1) is 11.1 Å². The van der Waals surface area contributed by atoms with Crippen LogP contribution in [0.3, 0.4) is 0 Å². The van der Waals surface area contributed by atoms with Gasteiger partial charge in [0, 0.05) is 0 Å². The highest BCUT2D eigenvalue weighted by Crippen LogP contribution is 2.39. The number of ether oxygens (including phenoxy) is 1. The fourth-order valence-corrected chi connectivity index (χ4v) is 1.74. The Labute approximate surface area is 108 Å². The van der Waals surface area contributed by atoms with Crippen LogP contribution in [0.5, 0.6) is 23.0 Å². The number of allylic oxidation sites excluding steroid dienone is 1. The second-order valence-electron chi connectivity index (χ2n) is 4.08. The Kier molecular flexibility index (Phi) is 3.04. The van der Waals surface area contributed by atoms with Gasteiger partial charge < -0.3 is 20.1 Å². The van der Waals surface area contributed by atoms with Gasteiger partial charge in [-0.25, -0.2) is 0 Å². The topological polar surface area (TPSA) is 87.0 Å². The predicted molar refractivity (Wildman–Crippen MR) is 70.7 cm³/mol. The molecule has 19 heavy (non-hydrogen) atoms. The van der Waals surface area contributed by atoms with Crippen LogP contribution in [-0.2, 0) is 0 Å². The minimum atomic E-state index is -0.739. The highest BCUT2D eigenvalue weighted by atomic mass is 16.5. The zero-order valence-corrected chi connectivity index (χ0v) is 10.2. The van der Waals surface area contributed by atoms with Crippen LogP contribution >= 0.6 is 0 Å². The second-order valence-corrected chi connectivity index (χ2v) is 4.08. The number of phenolic OH excluding ortho intramolecular Hbond substituents is 3. The molecule has 98 valence electrons. The molecule has 0 bridgehead atoms. The monoisotopic (exact) mass is 260 g/mol. The molecule has 0 radical (unpaired) electrons. The van der Waals surface area contributed by atoms with Crippen LogP contribution in [0.4, 0.5) is 0 Å². The summed E-state index contributed by atoms with van der Waals surface area (Å²) in [6, 6.07) is 5.67. The molecule has 2 aromatic rings. The SMILES string of the molecule is C=C(C)Oc1cccc2cc(O)c(O)c(O)c2c1=O. The van der Waals surface area contributed by atoms with Crippen LogP contribution < -0.4 is 10.2 Å². The van der Waals surface area contributed by atoms with E-state index in [9.17, 15) is 20.1 Å². The summed E-state index contributed by atoms with van der Waals surface area (Å²) in [7, 11) is 0. The predicted octanol–water partition coefficient (Wildman–Crippen LogP) is 2.23. The molecule has 0 amide bonds. The lowest BCUT2D eigenvalue weighted by atomic mass is 10.1. The Hall–Kier alpha value is -2.69. The summed E-state index contributed by atoms with van der Waals surface area (Å²) in [5.41, 5.74) is -0.601. The van der Waals surface area contributed by atoms with Crippen molar-refractivity contribution in [1.82, 2.24) is 0 Å². The van der Waals surface area contributed by atoms with Crippen molar-refractivity contribution < 1.29 is 20.1 Å². The molecular weight excluding hydrogens is 248 g/mol. The molecule has 0 spiro atoms. The Morgan fingerprint density at radius 1 is 1.21 bits per heavy atom. The molecule has 0 aliphatic heterocycles. The summed E-state index contributed by atoms with van der Waals surface area (Å²) in [4.78, 5) is 12.2. The maximum atomic E-state index is 12.2. The minimum Gasteiger partial charge on any atom is -0.504 e. The average molecular weight is 260 g/mol. The van der Waals surface area contributed by atoms with Gasteiger partial charge in [0.25, 0.3) is 0 Å². The molecule has 2 rings (SSSR count). The van der Waals surface area contributed by atoms with Gasteiger partial charge >= 0.3 is 0 Å². The first-order chi connectivity index (χ1) is 8.91. The van der Waals surface area contributed by atoms with Gasteiger partial charge in [0.15, 0.2) is 17.2 Å². The summed E-state index contributed by atoms with van der Waals surface area (Å²) in [5.74, 6) is -1.63. The second kappa shape index (κ2) is 4.53. The van der Waals surface area contributed by atoms with Crippen LogP contribution in [0.2, 0.25) is 0 Å². The van der Waals surface area contributed by atoms with Gasteiger partial charge in [-0.05, 0) is 24.4 Å². The van der Waals surface area contributed by atoms with E-state index < -0.39 is 22.7 Å². The van der Waals surface area contributed by atoms with Crippen molar-refractivity contribution in [3.8, 4) is 23.0 Å². The minimum absolute atomic E-state index is 0.0251. The normalized spacial score (nSPS) is 10.4. The van der Waals surface area contributed by atoms with E-state index in [0.29, 0.717) is 5.76 Å². The average Bonchev–Trinajstić information content (AvgIpc) is 2.47. The summed E-state index contributed by atoms with van der Waals surface area (Å²) in [6.07, 6.45) is 0. The van der Waals surface area contributed by atoms with Gasteiger partial charge in [-0.1, -0.05) is 18.7 Å². The van der Waals surface area contributed by atoms with E-state index in [-0.39, 0.29) is 16.5 Å². The van der Waals surface area contributed by atoms with E-state index in [2.05, 4.69) is 6.58 Å². The molecule has 0 unspecified atom stereocenters. The first kappa shape index (κ1) is 12.8. The highest BCUT2D eigenvalue weighted by Gasteiger charge is 2.15. The largest absolute Gasteiger partial charge is 0.504 e. The van der Waals surface area contributed by atoms with Crippen molar-refractivity contribution in [3.05, 3.63) is 46.8 Å². The molecule has 5 heteroatoms. The van der Waals surface area contributed by atoms with E-state index in [1.54, 1.807) is 6.92 Å². The molecule has 0 aromatic heterocycles. The standard InChI is InChI=1S/C14H12O5/c1-7(2)19-10-5-3-4-8-6-9(15)12(16)14(18)11(8)13(10)17/h3-6,15-16,18H,1H2,2H3. The first-order valence-electron chi connectivity index (χ1n) is 5.46. The van der Waals surface area contributed by atoms with E-state index in [1.165, 1.54) is 24.3 Å². The molecule has 0 saturated carbocycles. The van der Waals surface area contributed by atoms with E-state index in [4.69, 9.17) is 4.74 Å². The Morgan fingerprint density at radius 3 is 2.53 bits per heavy atom. The number of phenols is 3. The van der Waals surface area contributed by atoms with E-state index in [1.807, 2.05) is 0 Å². The fraction of sp³-hybridized carbons (Fsp3) is 0.0714. The lowest BCUT2D eigenvalue weighted by Crippen LogP contribution is -2.04. The molecule has 0 heterocycles. The quantitative estimate of drug-likeness (QED) is 0.569. The molecule has 2 aromatic carbocycles. The molecule has 0 aliphatic carbocycles. The first-order valence-corrected chi connectivity index (χ1v) is 5.46. The zero-order valence-electron chi connectivity index (χ0n) is 10.2. The highest BCUT2D eigenvalue weighted by molar-refractivity contribution is 5.92. The van der Waals surface area contributed by atoms with Gasteiger partial charge in [-0.15, -0.1) is 0 Å². The van der Waals surface area contributed by atoms with Crippen molar-refractivity contribution in [3.63, 3.8) is 0 Å². The third-order valence-corrected chi connectivity index (χ3v) is 2.54. The third kappa shape index (κ3) is 2.18. The number of hydrogen-bond donors (Lipinski definition) is 3. The molecule has 0 atom stereocenters. The number of hydrogen-bond acceptors (Lipinski definition) is 5. The maximum absolute atomic E-state index is 12.2. The number of rotatable bonds is 2. The molecule has 0 saturated heterocycles. The Balaban J connectivity index is 2.92. The van der Waals surface area contributed by atoms with Crippen LogP contribution in [-0.4, -0.2) is 15.3 Å². The van der Waals surface area contributed by atoms with Crippen molar-refractivity contribution >= 4 is 10.8 Å². The van der Waals surface area contributed by atoms with E-state index >= 15 is 0 Å². The summed E-state index contributed by atoms with van der Waals surface area (Å²) >= 11 is 0. The van der Waals surface area contributed by atoms with E-state index in [0.717, 1.165) is 0 Å². The van der Waals surface area contributed by atoms with Crippen molar-refractivity contribution in [2.45, 2.75) is 6.92 Å². The smallest absolute Gasteiger partial charge is 0.232 e. The van der Waals surface area contributed by atoms with Crippen LogP contribution in [0.1, 0.15) is 6.92 Å². The van der Waals surface area contributed by atoms with Crippen LogP contribution in [0.15, 0.2) is 41.4 Å². The molecule has 0 fully saturated rings. The van der Waals surface area contributed by atoms with Gasteiger partial charge in [-0.2, -0.15) is 0 Å². The molecule has 3 N–H and O–H groups in total. The molecule has 5 nitrogen and oxygen atoms in total. The van der Waals surface area contributed by atoms with Crippen molar-refractivity contribution in [1.29, 1.82) is 0 Å². The number of fused-ring (bicyclic) bond motifs is 1. The van der Waals surface area contributed by atoms with Gasteiger partial charge in [-0.3, -0.25) is 4.79 Å². The summed E-state index contributed by atoms with van der Waals surface area (Å²) < 4.78 is 5.18. The molecule has 0 aliphatic rings. The Bertz CT molecular complexity index is 734. The lowest BCUT2D eigenvalue weighted by molar-refractivity contribution is 0.371. The van der Waals surface area contributed by atoms with Crippen molar-refractivity contribution in [2.24, 2.45) is 0 Å². The maximum Gasteiger partial charge on any atom is 0.232 e. The summed E-state index contributed by atoms with van der Waals surface area (Å²) in [6.45, 7) is 5.11. The van der Waals surface area contributed by atoms with Crippen molar-refractivity contribution in [2.75, 3.05) is 0 Å². The Morgan fingerprint density at radius 2 is 1.89 bits per heavy atom. The summed E-state index contributed by atoms with van der Waals surface area (Å²) in [5, 5.41) is 28.9. The lowest BCUT2D eigenvalue weighted by Gasteiger charge is -2.04. The van der Waals surface area contributed by atoms with Gasteiger partial charge in [0.2, 0.25) is 11.2 Å². The number of benzene rings is 1. The zero-order chi connectivity index (χ0) is 14.2. The van der Waals surface area contributed by atoms with Crippen LogP contribution in [0, 0.1) is 0 Å². The third-order valence-electron chi connectivity index (χ3n) is 2.54. The van der Waals surface area contributed by atoms with Gasteiger partial charge in [0.1, 0.15) is 0 Å². The molecular formula is C14H12O5. The number of aromatic hydroxyl groups is 3. The fourth-order valence-electron chi connectivity index (χ4n) is 1.74.